The van der Waals surface area contributed by atoms with Crippen molar-refractivity contribution in [2.24, 2.45) is 10.9 Å². The number of benzene rings is 1. The Hall–Kier alpha value is -2.44. The molecule has 28 heavy (non-hydrogen) atoms. The van der Waals surface area contributed by atoms with Gasteiger partial charge in [-0.2, -0.15) is 0 Å². The molecule has 2 aromatic rings. The van der Waals surface area contributed by atoms with Crippen LogP contribution in [0.25, 0.3) is 0 Å². The van der Waals surface area contributed by atoms with Gasteiger partial charge in [0.25, 0.3) is 0 Å². The van der Waals surface area contributed by atoms with E-state index < -0.39 is 0 Å². The molecule has 0 spiro atoms. The zero-order chi connectivity index (χ0) is 19.2. The zero-order valence-corrected chi connectivity index (χ0v) is 16.2. The Morgan fingerprint density at radius 2 is 2.04 bits per heavy atom. The van der Waals surface area contributed by atoms with E-state index in [1.165, 1.54) is 5.56 Å². The lowest BCUT2D eigenvalue weighted by Crippen LogP contribution is -2.23. The van der Waals surface area contributed by atoms with Crippen LogP contribution in [0.15, 0.2) is 47.5 Å². The summed E-state index contributed by atoms with van der Waals surface area (Å²) in [7, 11) is 3.83. The number of hydrogen-bond donors (Lipinski definition) is 2. The van der Waals surface area contributed by atoms with Gasteiger partial charge in [-0.25, -0.2) is 4.99 Å². The van der Waals surface area contributed by atoms with E-state index in [0.29, 0.717) is 19.1 Å². The highest BCUT2D eigenvalue weighted by atomic mass is 16.5. The van der Waals surface area contributed by atoms with Crippen molar-refractivity contribution in [2.45, 2.75) is 39.6 Å². The Morgan fingerprint density at radius 1 is 1.29 bits per heavy atom. The average Bonchev–Trinajstić information content (AvgIpc) is 3.27. The number of aromatic amines is 1. The molecular formula is C22H32N4O2. The van der Waals surface area contributed by atoms with Gasteiger partial charge in [-0.3, -0.25) is 5.41 Å². The van der Waals surface area contributed by atoms with Crippen LogP contribution in [0.5, 0.6) is 0 Å². The van der Waals surface area contributed by atoms with Crippen molar-refractivity contribution < 1.29 is 9.47 Å². The largest absolute Gasteiger partial charge is 0.374 e. The van der Waals surface area contributed by atoms with E-state index in [9.17, 15) is 0 Å². The topological polar surface area (TPSA) is 73.7 Å². The first kappa shape index (κ1) is 21.9. The highest BCUT2D eigenvalue weighted by Crippen LogP contribution is 2.37. The summed E-state index contributed by atoms with van der Waals surface area (Å²) in [6.45, 7) is 3.42. The number of amidine groups is 1. The number of aliphatic imine (C=N–C) groups is 1. The molecule has 1 aliphatic heterocycles. The van der Waals surface area contributed by atoms with E-state index in [1.54, 1.807) is 0 Å². The number of ether oxygens (including phenoxy) is 2. The van der Waals surface area contributed by atoms with E-state index in [1.807, 2.05) is 49.3 Å². The van der Waals surface area contributed by atoms with Crippen LogP contribution in [0.2, 0.25) is 0 Å². The molecule has 6 nitrogen and oxygen atoms in total. The van der Waals surface area contributed by atoms with Crippen LogP contribution in [-0.2, 0) is 16.1 Å². The number of nitrogens with zero attached hydrogens (tertiary/aromatic N) is 2. The molecule has 6 heteroatoms. The molecule has 1 saturated heterocycles. The Bertz CT molecular complexity index is 770. The van der Waals surface area contributed by atoms with Crippen LogP contribution in [0.3, 0.4) is 0 Å². The SMILES string of the molecule is C.CC1CC(COCc2ccccc2)OC1c1ccc(C(=NC=N)N(C)C)[nH]1. The van der Waals surface area contributed by atoms with Crippen molar-refractivity contribution in [3.05, 3.63) is 59.4 Å². The van der Waals surface area contributed by atoms with Gasteiger partial charge in [0, 0.05) is 19.8 Å². The van der Waals surface area contributed by atoms with Crippen molar-refractivity contribution in [3.63, 3.8) is 0 Å². The minimum absolute atomic E-state index is 0. The molecule has 2 heterocycles. The second kappa shape index (κ2) is 10.2. The third kappa shape index (κ3) is 5.30. The van der Waals surface area contributed by atoms with Crippen LogP contribution in [0.4, 0.5) is 0 Å². The minimum Gasteiger partial charge on any atom is -0.374 e. The van der Waals surface area contributed by atoms with Gasteiger partial charge in [0.15, 0.2) is 5.84 Å². The molecule has 2 N–H and O–H groups in total. The van der Waals surface area contributed by atoms with E-state index >= 15 is 0 Å². The zero-order valence-electron chi connectivity index (χ0n) is 16.2. The number of H-pyrrole nitrogens is 1. The lowest BCUT2D eigenvalue weighted by Gasteiger charge is -2.16. The quantitative estimate of drug-likeness (QED) is 0.554. The molecule has 1 fully saturated rings. The molecule has 1 aromatic heterocycles. The van der Waals surface area contributed by atoms with Gasteiger partial charge in [0.2, 0.25) is 0 Å². The van der Waals surface area contributed by atoms with Gasteiger partial charge in [0.05, 0.1) is 25.0 Å². The van der Waals surface area contributed by atoms with Crippen LogP contribution in [0, 0.1) is 11.3 Å². The molecular weight excluding hydrogens is 352 g/mol. The predicted molar refractivity (Wildman–Crippen MR) is 114 cm³/mol. The summed E-state index contributed by atoms with van der Waals surface area (Å²) >= 11 is 0. The van der Waals surface area contributed by atoms with Gasteiger partial charge >= 0.3 is 0 Å². The summed E-state index contributed by atoms with van der Waals surface area (Å²) < 4.78 is 12.1. The Labute approximate surface area is 168 Å². The standard InChI is InChI=1S/C21H28N4O2.CH4/c1-15-11-17(13-26-12-16-7-5-4-6-8-16)27-20(15)18-9-10-19(24-18)21(23-14-22)25(2)3;/h4-10,14-15,17,20,22,24H,11-13H2,1-3H3;1H4. The van der Waals surface area contributed by atoms with E-state index in [0.717, 1.165) is 30.0 Å². The summed E-state index contributed by atoms with van der Waals surface area (Å²) in [5, 5.41) is 7.24. The third-order valence-corrected chi connectivity index (χ3v) is 4.77. The number of aromatic nitrogens is 1. The summed E-state index contributed by atoms with van der Waals surface area (Å²) in [4.78, 5) is 9.43. The maximum Gasteiger partial charge on any atom is 0.153 e. The van der Waals surface area contributed by atoms with Gasteiger partial charge < -0.3 is 19.4 Å². The maximum atomic E-state index is 7.24. The maximum absolute atomic E-state index is 7.24. The van der Waals surface area contributed by atoms with Gasteiger partial charge in [-0.1, -0.05) is 44.7 Å². The molecule has 0 amide bonds. The first-order valence-corrected chi connectivity index (χ1v) is 9.29. The van der Waals surface area contributed by atoms with Crippen LogP contribution < -0.4 is 0 Å². The van der Waals surface area contributed by atoms with E-state index in [2.05, 4.69) is 29.0 Å². The van der Waals surface area contributed by atoms with Crippen LogP contribution >= 0.6 is 0 Å². The molecule has 1 aromatic carbocycles. The van der Waals surface area contributed by atoms with Crippen LogP contribution in [0.1, 0.15) is 43.8 Å². The number of nitrogens with one attached hydrogen (secondary N) is 2. The van der Waals surface area contributed by atoms with Crippen molar-refractivity contribution in [1.82, 2.24) is 9.88 Å². The smallest absolute Gasteiger partial charge is 0.153 e. The molecule has 0 saturated carbocycles. The van der Waals surface area contributed by atoms with E-state index in [-0.39, 0.29) is 19.6 Å². The molecule has 3 rings (SSSR count). The fraction of sp³-hybridized carbons (Fsp3) is 0.455. The summed E-state index contributed by atoms with van der Waals surface area (Å²) in [5.74, 6) is 1.13. The fourth-order valence-corrected chi connectivity index (χ4v) is 3.50. The second-order valence-corrected chi connectivity index (χ2v) is 7.20. The summed E-state index contributed by atoms with van der Waals surface area (Å²) in [5.41, 5.74) is 3.11. The van der Waals surface area contributed by atoms with Crippen molar-refractivity contribution >= 4 is 12.2 Å². The lowest BCUT2D eigenvalue weighted by molar-refractivity contribution is -0.0249. The fourth-order valence-electron chi connectivity index (χ4n) is 3.50. The second-order valence-electron chi connectivity index (χ2n) is 7.20. The van der Waals surface area contributed by atoms with Gasteiger partial charge in [-0.15, -0.1) is 0 Å². The highest BCUT2D eigenvalue weighted by Gasteiger charge is 2.34. The van der Waals surface area contributed by atoms with E-state index in [4.69, 9.17) is 14.9 Å². The Morgan fingerprint density at radius 3 is 2.71 bits per heavy atom. The van der Waals surface area contributed by atoms with Crippen molar-refractivity contribution in [3.8, 4) is 0 Å². The lowest BCUT2D eigenvalue weighted by atomic mass is 10.00. The molecule has 152 valence electrons. The Kier molecular flexibility index (Phi) is 7.96. The summed E-state index contributed by atoms with van der Waals surface area (Å²) in [6.07, 6.45) is 2.16. The average molecular weight is 385 g/mol. The van der Waals surface area contributed by atoms with Gasteiger partial charge in [-0.05, 0) is 30.0 Å². The van der Waals surface area contributed by atoms with Crippen LogP contribution in [-0.4, -0.2) is 48.9 Å². The molecule has 0 bridgehead atoms. The number of hydrogen-bond acceptors (Lipinski definition) is 3. The van der Waals surface area contributed by atoms with Crippen molar-refractivity contribution in [2.75, 3.05) is 20.7 Å². The molecule has 0 radical (unpaired) electrons. The first-order valence-electron chi connectivity index (χ1n) is 9.29. The molecule has 3 atom stereocenters. The van der Waals surface area contributed by atoms with Crippen molar-refractivity contribution in [1.29, 1.82) is 5.41 Å². The third-order valence-electron chi connectivity index (χ3n) is 4.77. The normalized spacial score (nSPS) is 22.0. The number of rotatable bonds is 7. The molecule has 1 aliphatic rings. The monoisotopic (exact) mass is 384 g/mol. The first-order chi connectivity index (χ1) is 13.1. The minimum atomic E-state index is 0. The highest BCUT2D eigenvalue weighted by molar-refractivity contribution is 6.00. The predicted octanol–water partition coefficient (Wildman–Crippen LogP) is 4.25. The molecule has 3 unspecified atom stereocenters. The van der Waals surface area contributed by atoms with Gasteiger partial charge in [0.1, 0.15) is 12.4 Å². The Balaban J connectivity index is 0.00000280. The molecule has 0 aliphatic carbocycles. The summed E-state index contributed by atoms with van der Waals surface area (Å²) in [6, 6.07) is 14.2.